The summed E-state index contributed by atoms with van der Waals surface area (Å²) in [7, 11) is 2.97. The Labute approximate surface area is 154 Å². The molecule has 1 amide bonds. The van der Waals surface area contributed by atoms with E-state index in [4.69, 9.17) is 9.47 Å². The van der Waals surface area contributed by atoms with Crippen molar-refractivity contribution in [1.29, 1.82) is 0 Å². The fraction of sp³-hybridized carbons (Fsp3) is 0.611. The van der Waals surface area contributed by atoms with E-state index in [0.717, 1.165) is 32.4 Å². The summed E-state index contributed by atoms with van der Waals surface area (Å²) in [5.74, 6) is 0.473. The molecule has 3 rings (SSSR count). The Morgan fingerprint density at radius 2 is 1.88 bits per heavy atom. The molecule has 140 valence electrons. The highest BCUT2D eigenvalue weighted by atomic mass is 35.5. The number of halogens is 2. The Balaban J connectivity index is 0.00000225. The van der Waals surface area contributed by atoms with Crippen molar-refractivity contribution < 1.29 is 18.7 Å². The van der Waals surface area contributed by atoms with Gasteiger partial charge in [0.15, 0.2) is 11.5 Å². The van der Waals surface area contributed by atoms with Gasteiger partial charge in [-0.15, -0.1) is 12.4 Å². The summed E-state index contributed by atoms with van der Waals surface area (Å²) in [6.07, 6.45) is 3.04. The van der Waals surface area contributed by atoms with Crippen LogP contribution >= 0.6 is 12.4 Å². The molecule has 1 aromatic carbocycles. The molecule has 0 aromatic heterocycles. The summed E-state index contributed by atoms with van der Waals surface area (Å²) in [4.78, 5) is 12.5. The van der Waals surface area contributed by atoms with Crippen molar-refractivity contribution in [2.24, 2.45) is 11.3 Å². The van der Waals surface area contributed by atoms with Gasteiger partial charge in [0, 0.05) is 17.5 Å². The van der Waals surface area contributed by atoms with E-state index in [0.29, 0.717) is 17.1 Å². The lowest BCUT2D eigenvalue weighted by atomic mass is 9.91. The number of hydrogen-bond donors (Lipinski definition) is 2. The van der Waals surface area contributed by atoms with E-state index in [-0.39, 0.29) is 29.6 Å². The molecule has 1 saturated carbocycles. The molecule has 1 aliphatic carbocycles. The van der Waals surface area contributed by atoms with Crippen LogP contribution in [-0.4, -0.2) is 33.2 Å². The van der Waals surface area contributed by atoms with E-state index in [1.165, 1.54) is 20.3 Å². The number of amides is 1. The van der Waals surface area contributed by atoms with Gasteiger partial charge >= 0.3 is 0 Å². The van der Waals surface area contributed by atoms with E-state index in [1.54, 1.807) is 13.0 Å². The van der Waals surface area contributed by atoms with Gasteiger partial charge in [0.05, 0.1) is 20.3 Å². The van der Waals surface area contributed by atoms with Crippen molar-refractivity contribution in [3.05, 3.63) is 23.5 Å². The number of nitrogens with one attached hydrogen (secondary N) is 2. The summed E-state index contributed by atoms with van der Waals surface area (Å²) < 4.78 is 24.6. The Morgan fingerprint density at radius 1 is 1.28 bits per heavy atom. The topological polar surface area (TPSA) is 59.6 Å². The first kappa shape index (κ1) is 19.8. The molecule has 2 N–H and O–H groups in total. The number of benzene rings is 1. The largest absolute Gasteiger partial charge is 0.493 e. The maximum absolute atomic E-state index is 14.3. The van der Waals surface area contributed by atoms with Crippen molar-refractivity contribution in [2.75, 3.05) is 27.3 Å². The van der Waals surface area contributed by atoms with Crippen molar-refractivity contribution in [3.8, 4) is 11.5 Å². The lowest BCUT2D eigenvalue weighted by Gasteiger charge is -2.24. The van der Waals surface area contributed by atoms with Crippen LogP contribution in [0.2, 0.25) is 0 Å². The predicted octanol–water partition coefficient (Wildman–Crippen LogP) is 2.83. The van der Waals surface area contributed by atoms with E-state index in [1.807, 2.05) is 0 Å². The summed E-state index contributed by atoms with van der Waals surface area (Å²) in [5.41, 5.74) is 0.576. The molecule has 0 radical (unpaired) electrons. The minimum absolute atomic E-state index is 0. The van der Waals surface area contributed by atoms with Gasteiger partial charge in [-0.2, -0.15) is 0 Å². The van der Waals surface area contributed by atoms with Crippen LogP contribution < -0.4 is 20.1 Å². The molecular weight excluding hydrogens is 347 g/mol. The maximum atomic E-state index is 14.3. The monoisotopic (exact) mass is 372 g/mol. The molecule has 7 heteroatoms. The summed E-state index contributed by atoms with van der Waals surface area (Å²) in [6, 6.07) is 2.46. The van der Waals surface area contributed by atoms with Crippen LogP contribution in [0.15, 0.2) is 12.1 Å². The summed E-state index contributed by atoms with van der Waals surface area (Å²) in [5, 5.41) is 6.29. The lowest BCUT2D eigenvalue weighted by Crippen LogP contribution is -2.34. The molecule has 5 nitrogen and oxygen atoms in total. The van der Waals surface area contributed by atoms with Crippen LogP contribution in [0, 0.1) is 17.2 Å². The quantitative estimate of drug-likeness (QED) is 0.834. The number of carbonyl (C=O) groups is 1. The number of ether oxygens (including phenoxy) is 2. The first-order valence-corrected chi connectivity index (χ1v) is 8.43. The molecule has 2 aliphatic rings. The van der Waals surface area contributed by atoms with Crippen LogP contribution in [0.3, 0.4) is 0 Å². The van der Waals surface area contributed by atoms with Crippen LogP contribution in [0.4, 0.5) is 4.39 Å². The second-order valence-corrected chi connectivity index (χ2v) is 6.83. The summed E-state index contributed by atoms with van der Waals surface area (Å²) >= 11 is 0. The van der Waals surface area contributed by atoms with Crippen LogP contribution in [0.25, 0.3) is 0 Å². The Morgan fingerprint density at radius 3 is 2.48 bits per heavy atom. The minimum atomic E-state index is -0.420. The van der Waals surface area contributed by atoms with E-state index in [2.05, 4.69) is 10.6 Å². The molecule has 2 fully saturated rings. The highest BCUT2D eigenvalue weighted by molar-refractivity contribution is 5.85. The molecule has 1 spiro atoms. The van der Waals surface area contributed by atoms with Gasteiger partial charge in [0.25, 0.3) is 0 Å². The fourth-order valence-corrected chi connectivity index (χ4v) is 3.79. The van der Waals surface area contributed by atoms with Crippen LogP contribution in [0.5, 0.6) is 11.5 Å². The third-order valence-corrected chi connectivity index (χ3v) is 5.43. The fourth-order valence-electron chi connectivity index (χ4n) is 3.79. The van der Waals surface area contributed by atoms with Gasteiger partial charge in [0.2, 0.25) is 5.91 Å². The number of methoxy groups -OCH3 is 2. The Bertz CT molecular complexity index is 635. The molecule has 1 heterocycles. The molecule has 2 unspecified atom stereocenters. The van der Waals surface area contributed by atoms with Crippen LogP contribution in [-0.2, 0) is 4.79 Å². The standard InChI is InChI=1S/C18H25FN2O3.ClH/c1-11(12-8-15(23-2)16(24-3)9-14(12)19)21-17(22)13-10-18(13)4-6-20-7-5-18;/h8-9,11,13,20H,4-7,10H2,1-3H3,(H,21,22);1H. The first-order chi connectivity index (χ1) is 11.5. The van der Waals surface area contributed by atoms with Gasteiger partial charge in [-0.3, -0.25) is 4.79 Å². The molecule has 1 aromatic rings. The third kappa shape index (κ3) is 3.85. The highest BCUT2D eigenvalue weighted by Crippen LogP contribution is 2.58. The zero-order chi connectivity index (χ0) is 17.3. The molecule has 0 bridgehead atoms. The predicted molar refractivity (Wildman–Crippen MR) is 96.0 cm³/mol. The van der Waals surface area contributed by atoms with Gasteiger partial charge < -0.3 is 20.1 Å². The average molecular weight is 373 g/mol. The SMILES string of the molecule is COc1cc(F)c(C(C)NC(=O)C2CC23CCNCC3)cc1OC.Cl. The summed E-state index contributed by atoms with van der Waals surface area (Å²) in [6.45, 7) is 3.74. The second kappa shape index (κ2) is 7.79. The van der Waals surface area contributed by atoms with E-state index >= 15 is 0 Å². The number of piperidine rings is 1. The van der Waals surface area contributed by atoms with Crippen molar-refractivity contribution >= 4 is 18.3 Å². The van der Waals surface area contributed by atoms with E-state index < -0.39 is 11.9 Å². The highest BCUT2D eigenvalue weighted by Gasteiger charge is 2.57. The molecular formula is C18H26ClFN2O3. The zero-order valence-electron chi connectivity index (χ0n) is 14.9. The van der Waals surface area contributed by atoms with E-state index in [9.17, 15) is 9.18 Å². The zero-order valence-corrected chi connectivity index (χ0v) is 15.7. The molecule has 2 atom stereocenters. The van der Waals surface area contributed by atoms with Gasteiger partial charge in [-0.1, -0.05) is 0 Å². The maximum Gasteiger partial charge on any atom is 0.224 e. The molecule has 25 heavy (non-hydrogen) atoms. The Kier molecular flexibility index (Phi) is 6.16. The third-order valence-electron chi connectivity index (χ3n) is 5.43. The van der Waals surface area contributed by atoms with Gasteiger partial charge in [0.1, 0.15) is 5.82 Å². The second-order valence-electron chi connectivity index (χ2n) is 6.83. The van der Waals surface area contributed by atoms with Crippen molar-refractivity contribution in [3.63, 3.8) is 0 Å². The number of hydrogen-bond acceptors (Lipinski definition) is 4. The van der Waals surface area contributed by atoms with Crippen LogP contribution in [0.1, 0.15) is 37.8 Å². The smallest absolute Gasteiger partial charge is 0.224 e. The number of carbonyl (C=O) groups excluding carboxylic acids is 1. The minimum Gasteiger partial charge on any atom is -0.493 e. The normalized spacial score (nSPS) is 21.8. The first-order valence-electron chi connectivity index (χ1n) is 8.43. The molecule has 1 saturated heterocycles. The number of rotatable bonds is 5. The lowest BCUT2D eigenvalue weighted by molar-refractivity contribution is -0.123. The van der Waals surface area contributed by atoms with Crippen molar-refractivity contribution in [1.82, 2.24) is 10.6 Å². The van der Waals surface area contributed by atoms with Gasteiger partial charge in [-0.25, -0.2) is 4.39 Å². The molecule has 1 aliphatic heterocycles. The average Bonchev–Trinajstić information content (AvgIpc) is 3.28. The van der Waals surface area contributed by atoms with Gasteiger partial charge in [-0.05, 0) is 50.8 Å². The van der Waals surface area contributed by atoms with Crippen molar-refractivity contribution in [2.45, 2.75) is 32.2 Å². The Hall–Kier alpha value is -1.53.